The molecule has 0 spiro atoms. The molecule has 0 heterocycles. The molecule has 1 amide bonds. The summed E-state index contributed by atoms with van der Waals surface area (Å²) < 4.78 is 58.9. The quantitative estimate of drug-likeness (QED) is 0.357. The molecular formula is C25H28ClN3O6S2. The molecule has 0 saturated carbocycles. The molecule has 0 aliphatic carbocycles. The van der Waals surface area contributed by atoms with Gasteiger partial charge in [0.25, 0.3) is 10.0 Å². The van der Waals surface area contributed by atoms with Crippen LogP contribution in [0.1, 0.15) is 5.56 Å². The Morgan fingerprint density at radius 1 is 0.865 bits per heavy atom. The predicted molar refractivity (Wildman–Crippen MR) is 143 cm³/mol. The highest BCUT2D eigenvalue weighted by Gasteiger charge is 2.28. The third kappa shape index (κ3) is 7.01. The molecule has 0 bridgehead atoms. The molecule has 0 unspecified atom stereocenters. The van der Waals surface area contributed by atoms with Gasteiger partial charge in [-0.25, -0.2) is 21.1 Å². The van der Waals surface area contributed by atoms with E-state index >= 15 is 0 Å². The average Bonchev–Trinajstić information content (AvgIpc) is 2.86. The van der Waals surface area contributed by atoms with Crippen LogP contribution in [0.3, 0.4) is 0 Å². The Morgan fingerprint density at radius 3 is 2.03 bits per heavy atom. The van der Waals surface area contributed by atoms with Crippen LogP contribution >= 0.6 is 11.6 Å². The first-order valence-electron chi connectivity index (χ1n) is 11.2. The van der Waals surface area contributed by atoms with Crippen molar-refractivity contribution in [2.24, 2.45) is 0 Å². The summed E-state index contributed by atoms with van der Waals surface area (Å²) in [6.07, 6.45) is 0. The first-order valence-corrected chi connectivity index (χ1v) is 14.4. The smallest absolute Gasteiger partial charge is 0.264 e. The van der Waals surface area contributed by atoms with Crippen molar-refractivity contribution in [2.75, 3.05) is 38.1 Å². The fourth-order valence-corrected chi connectivity index (χ4v) is 5.85. The van der Waals surface area contributed by atoms with Gasteiger partial charge in [0.1, 0.15) is 18.9 Å². The van der Waals surface area contributed by atoms with Gasteiger partial charge < -0.3 is 10.1 Å². The van der Waals surface area contributed by atoms with Gasteiger partial charge in [0.05, 0.1) is 22.0 Å². The van der Waals surface area contributed by atoms with Crippen LogP contribution in [-0.4, -0.2) is 60.8 Å². The van der Waals surface area contributed by atoms with Crippen LogP contribution in [0, 0.1) is 6.92 Å². The van der Waals surface area contributed by atoms with Gasteiger partial charge in [-0.15, -0.1) is 0 Å². The van der Waals surface area contributed by atoms with Gasteiger partial charge in [-0.3, -0.25) is 9.10 Å². The van der Waals surface area contributed by atoms with E-state index in [-0.39, 0.29) is 22.9 Å². The number of amides is 1. The molecular weight excluding hydrogens is 538 g/mol. The third-order valence-electron chi connectivity index (χ3n) is 5.37. The second-order valence-electron chi connectivity index (χ2n) is 8.21. The van der Waals surface area contributed by atoms with E-state index in [9.17, 15) is 21.6 Å². The summed E-state index contributed by atoms with van der Waals surface area (Å²) >= 11 is 5.91. The number of rotatable bonds is 11. The molecule has 0 atom stereocenters. The van der Waals surface area contributed by atoms with Crippen LogP contribution < -0.4 is 14.4 Å². The highest BCUT2D eigenvalue weighted by Crippen LogP contribution is 2.27. The standard InChI is InChI=1S/C25H28ClN3O6S2/c1-19-6-4-5-7-24(19)29(37(33,34)23-12-8-20(26)9-13-23)18-25(30)27-16-17-35-21-10-14-22(15-11-21)36(31,32)28(2)3/h4-15H,16-18H2,1-3H3,(H,27,30). The number of nitrogens with one attached hydrogen (secondary N) is 1. The molecule has 3 aromatic rings. The molecule has 3 rings (SSSR count). The van der Waals surface area contributed by atoms with Gasteiger partial charge in [-0.2, -0.15) is 0 Å². The van der Waals surface area contributed by atoms with E-state index in [1.807, 2.05) is 0 Å². The fourth-order valence-electron chi connectivity index (χ4n) is 3.34. The predicted octanol–water partition coefficient (Wildman–Crippen LogP) is 3.29. The van der Waals surface area contributed by atoms with E-state index in [4.69, 9.17) is 16.3 Å². The van der Waals surface area contributed by atoms with Crippen molar-refractivity contribution in [3.05, 3.63) is 83.4 Å². The van der Waals surface area contributed by atoms with Crippen LogP contribution in [-0.2, 0) is 24.8 Å². The summed E-state index contributed by atoms with van der Waals surface area (Å²) in [6.45, 7) is 1.53. The lowest BCUT2D eigenvalue weighted by atomic mass is 10.2. The van der Waals surface area contributed by atoms with Crippen LogP contribution in [0.5, 0.6) is 5.75 Å². The molecule has 0 fully saturated rings. The number of hydrogen-bond donors (Lipinski definition) is 1. The van der Waals surface area contributed by atoms with Crippen molar-refractivity contribution in [3.63, 3.8) is 0 Å². The number of para-hydroxylation sites is 1. The lowest BCUT2D eigenvalue weighted by Gasteiger charge is -2.25. The zero-order valence-corrected chi connectivity index (χ0v) is 23.0. The van der Waals surface area contributed by atoms with Gasteiger partial charge in [-0.1, -0.05) is 29.8 Å². The number of nitrogens with zero attached hydrogens (tertiary/aromatic N) is 2. The topological polar surface area (TPSA) is 113 Å². The first kappa shape index (κ1) is 28.5. The number of hydrogen-bond acceptors (Lipinski definition) is 6. The van der Waals surface area contributed by atoms with Crippen molar-refractivity contribution in [3.8, 4) is 5.75 Å². The number of halogens is 1. The molecule has 1 N–H and O–H groups in total. The number of sulfonamides is 2. The van der Waals surface area contributed by atoms with Crippen LogP contribution in [0.4, 0.5) is 5.69 Å². The maximum Gasteiger partial charge on any atom is 0.264 e. The SMILES string of the molecule is Cc1ccccc1N(CC(=O)NCCOc1ccc(S(=O)(=O)N(C)C)cc1)S(=O)(=O)c1ccc(Cl)cc1. The summed E-state index contributed by atoms with van der Waals surface area (Å²) in [5.41, 5.74) is 1.08. The number of benzene rings is 3. The first-order chi connectivity index (χ1) is 17.4. The summed E-state index contributed by atoms with van der Waals surface area (Å²) in [5.74, 6) is -0.0874. The number of ether oxygens (including phenoxy) is 1. The fraction of sp³-hybridized carbons (Fsp3) is 0.240. The highest BCUT2D eigenvalue weighted by atomic mass is 35.5. The molecule has 198 valence electrons. The van der Waals surface area contributed by atoms with Crippen LogP contribution in [0.15, 0.2) is 82.6 Å². The van der Waals surface area contributed by atoms with E-state index in [0.717, 1.165) is 8.61 Å². The molecule has 0 aliphatic heterocycles. The lowest BCUT2D eigenvalue weighted by molar-refractivity contribution is -0.119. The minimum absolute atomic E-state index is 0.0102. The van der Waals surface area contributed by atoms with E-state index in [2.05, 4.69) is 5.32 Å². The Hall–Kier alpha value is -3.12. The minimum atomic E-state index is -4.05. The molecule has 37 heavy (non-hydrogen) atoms. The van der Waals surface area contributed by atoms with Crippen molar-refractivity contribution in [2.45, 2.75) is 16.7 Å². The lowest BCUT2D eigenvalue weighted by Crippen LogP contribution is -2.42. The number of aryl methyl sites for hydroxylation is 1. The Labute approximate surface area is 222 Å². The maximum absolute atomic E-state index is 13.4. The summed E-state index contributed by atoms with van der Waals surface area (Å²) in [5, 5.41) is 3.06. The summed E-state index contributed by atoms with van der Waals surface area (Å²) in [7, 11) is -4.70. The molecule has 0 aromatic heterocycles. The summed E-state index contributed by atoms with van der Waals surface area (Å²) in [4.78, 5) is 12.9. The van der Waals surface area contributed by atoms with Gasteiger partial charge in [-0.05, 0) is 67.1 Å². The Balaban J connectivity index is 1.65. The normalized spacial score (nSPS) is 11.8. The average molecular weight is 566 g/mol. The largest absolute Gasteiger partial charge is 0.492 e. The molecule has 9 nitrogen and oxygen atoms in total. The Kier molecular flexibility index (Phi) is 9.19. The van der Waals surface area contributed by atoms with Gasteiger partial charge in [0.2, 0.25) is 15.9 Å². The van der Waals surface area contributed by atoms with Crippen molar-refractivity contribution >= 4 is 43.2 Å². The zero-order chi connectivity index (χ0) is 27.2. The second kappa shape index (κ2) is 12.0. The maximum atomic E-state index is 13.4. The number of carbonyl (C=O) groups excluding carboxylic acids is 1. The van der Waals surface area contributed by atoms with E-state index in [1.165, 1.54) is 62.6 Å². The van der Waals surface area contributed by atoms with Gasteiger partial charge in [0, 0.05) is 19.1 Å². The molecule has 3 aromatic carbocycles. The van der Waals surface area contributed by atoms with E-state index < -0.39 is 32.5 Å². The van der Waals surface area contributed by atoms with E-state index in [1.54, 1.807) is 31.2 Å². The Bertz CT molecular complexity index is 1440. The molecule has 0 radical (unpaired) electrons. The van der Waals surface area contributed by atoms with Gasteiger partial charge in [0.15, 0.2) is 0 Å². The molecule has 0 saturated heterocycles. The van der Waals surface area contributed by atoms with E-state index in [0.29, 0.717) is 22.0 Å². The second-order valence-corrected chi connectivity index (χ2v) is 12.7. The van der Waals surface area contributed by atoms with Crippen LogP contribution in [0.25, 0.3) is 0 Å². The van der Waals surface area contributed by atoms with Crippen LogP contribution in [0.2, 0.25) is 5.02 Å². The summed E-state index contributed by atoms with van der Waals surface area (Å²) in [6, 6.07) is 18.5. The van der Waals surface area contributed by atoms with Crippen molar-refractivity contribution in [1.29, 1.82) is 0 Å². The minimum Gasteiger partial charge on any atom is -0.492 e. The third-order valence-corrected chi connectivity index (χ3v) is 9.22. The monoisotopic (exact) mass is 565 g/mol. The highest BCUT2D eigenvalue weighted by molar-refractivity contribution is 7.92. The Morgan fingerprint density at radius 2 is 1.43 bits per heavy atom. The molecule has 12 heteroatoms. The molecule has 0 aliphatic rings. The van der Waals surface area contributed by atoms with Crippen molar-refractivity contribution in [1.82, 2.24) is 9.62 Å². The zero-order valence-electron chi connectivity index (χ0n) is 20.6. The number of anilines is 1. The number of carbonyl (C=O) groups is 1. The van der Waals surface area contributed by atoms with Gasteiger partial charge >= 0.3 is 0 Å². The van der Waals surface area contributed by atoms with Crippen molar-refractivity contribution < 1.29 is 26.4 Å².